The zero-order valence-electron chi connectivity index (χ0n) is 41.6. The fraction of sp³-hybridized carbons (Fsp3) is 0.930. The van der Waals surface area contributed by atoms with E-state index in [0.717, 1.165) is 13.8 Å². The highest BCUT2D eigenvalue weighted by Gasteiger charge is 2.60. The van der Waals surface area contributed by atoms with Crippen LogP contribution >= 0.6 is 0 Å². The molecule has 6 aliphatic heterocycles. The van der Waals surface area contributed by atoms with Crippen molar-refractivity contribution in [2.75, 3.05) is 26.4 Å². The minimum Gasteiger partial charge on any atom is -0.477 e. The van der Waals surface area contributed by atoms with E-state index in [1.54, 1.807) is 0 Å². The van der Waals surface area contributed by atoms with Crippen molar-refractivity contribution < 1.29 is 158 Å². The van der Waals surface area contributed by atoms with Gasteiger partial charge in [-0.3, -0.25) is 9.59 Å². The first-order valence-corrected chi connectivity index (χ1v) is 24.5. The molecule has 6 heterocycles. The number of carbonyl (C=O) groups excluding carboxylic acids is 2. The third-order valence-corrected chi connectivity index (χ3v) is 14.1. The monoisotopic (exact) mass is 1130 g/mol. The summed E-state index contributed by atoms with van der Waals surface area (Å²) in [6.07, 6.45) is -56.6. The molecule has 34 heteroatoms. The van der Waals surface area contributed by atoms with Crippen LogP contribution in [0.3, 0.4) is 0 Å². The summed E-state index contributed by atoms with van der Waals surface area (Å²) in [4.78, 5) is 37.6. The van der Waals surface area contributed by atoms with Gasteiger partial charge in [-0.1, -0.05) is 0 Å². The Morgan fingerprint density at radius 1 is 0.545 bits per heavy atom. The van der Waals surface area contributed by atoms with E-state index in [4.69, 9.17) is 52.1 Å². The van der Waals surface area contributed by atoms with Gasteiger partial charge in [0.15, 0.2) is 31.5 Å². The fourth-order valence-corrected chi connectivity index (χ4v) is 9.75. The molecule has 2 amide bonds. The second kappa shape index (κ2) is 26.5. The summed E-state index contributed by atoms with van der Waals surface area (Å²) in [7, 11) is 0. The topological polar surface area (TPSA) is 541 Å². The molecule has 0 aromatic heterocycles. The van der Waals surface area contributed by atoms with Gasteiger partial charge in [-0.2, -0.15) is 0 Å². The predicted octanol–water partition coefficient (Wildman–Crippen LogP) is -12.6. The number of aliphatic carboxylic acids is 1. The van der Waals surface area contributed by atoms with Crippen LogP contribution in [0.15, 0.2) is 0 Å². The zero-order chi connectivity index (χ0) is 57.3. The van der Waals surface area contributed by atoms with E-state index in [2.05, 4.69) is 10.6 Å². The summed E-state index contributed by atoms with van der Waals surface area (Å²) in [5, 5.41) is 199. The van der Waals surface area contributed by atoms with Gasteiger partial charge in [-0.15, -0.1) is 0 Å². The molecule has 20 N–H and O–H groups in total. The quantitative estimate of drug-likeness (QED) is 0.0571. The highest BCUT2D eigenvalue weighted by Crippen LogP contribution is 2.39. The van der Waals surface area contributed by atoms with Crippen LogP contribution in [0.25, 0.3) is 0 Å². The van der Waals surface area contributed by atoms with Crippen molar-refractivity contribution in [2.24, 2.45) is 0 Å². The second-order valence-corrected chi connectivity index (χ2v) is 19.7. The van der Waals surface area contributed by atoms with E-state index in [1.165, 1.54) is 13.8 Å². The molecule has 0 aliphatic carbocycles. The highest BCUT2D eigenvalue weighted by molar-refractivity contribution is 5.76. The molecule has 77 heavy (non-hydrogen) atoms. The molecule has 1 unspecified atom stereocenters. The smallest absolute Gasteiger partial charge is 0.364 e. The summed E-state index contributed by atoms with van der Waals surface area (Å²) < 4.78 is 64.0. The number of nitrogens with one attached hydrogen (secondary N) is 2. The van der Waals surface area contributed by atoms with Crippen molar-refractivity contribution in [3.63, 3.8) is 0 Å². The van der Waals surface area contributed by atoms with Gasteiger partial charge in [0.25, 0.3) is 5.79 Å². The summed E-state index contributed by atoms with van der Waals surface area (Å²) in [6, 6.07) is -3.50. The van der Waals surface area contributed by atoms with Crippen molar-refractivity contribution in [3.8, 4) is 0 Å². The number of carboxylic acid groups (broad SMARTS) is 1. The van der Waals surface area contributed by atoms with Crippen LogP contribution in [0, 0.1) is 0 Å². The first-order chi connectivity index (χ1) is 36.1. The fourth-order valence-electron chi connectivity index (χ4n) is 9.75. The number of aliphatic hydroxyl groups is 17. The second-order valence-electron chi connectivity index (χ2n) is 19.7. The van der Waals surface area contributed by atoms with Crippen LogP contribution in [0.2, 0.25) is 0 Å². The van der Waals surface area contributed by atoms with Crippen molar-refractivity contribution >= 4 is 17.8 Å². The Hall–Kier alpha value is -2.71. The molecule has 0 aromatic rings. The van der Waals surface area contributed by atoms with Crippen LogP contribution in [-0.4, -0.2) is 326 Å². The van der Waals surface area contributed by atoms with Crippen LogP contribution in [-0.2, 0) is 66.5 Å². The van der Waals surface area contributed by atoms with Crippen molar-refractivity contribution in [1.29, 1.82) is 0 Å². The summed E-state index contributed by atoms with van der Waals surface area (Å²) in [6.45, 7) is 0.0707. The molecule has 0 saturated carbocycles. The molecule has 6 saturated heterocycles. The molecule has 34 nitrogen and oxygen atoms in total. The summed E-state index contributed by atoms with van der Waals surface area (Å²) >= 11 is 0. The lowest BCUT2D eigenvalue weighted by atomic mass is 9.88. The summed E-state index contributed by atoms with van der Waals surface area (Å²) in [5.74, 6) is -6.74. The van der Waals surface area contributed by atoms with Crippen molar-refractivity contribution in [1.82, 2.24) is 10.6 Å². The molecule has 6 aliphatic rings. The van der Waals surface area contributed by atoms with E-state index in [9.17, 15) is 106 Å². The molecule has 6 fully saturated rings. The Kier molecular flexibility index (Phi) is 21.8. The first-order valence-electron chi connectivity index (χ1n) is 24.5. The van der Waals surface area contributed by atoms with Gasteiger partial charge in [0, 0.05) is 20.3 Å². The number of hydrogen-bond acceptors (Lipinski definition) is 31. The third-order valence-electron chi connectivity index (χ3n) is 14.1. The van der Waals surface area contributed by atoms with Gasteiger partial charge < -0.3 is 155 Å². The lowest BCUT2D eigenvalue weighted by Crippen LogP contribution is -2.70. The van der Waals surface area contributed by atoms with Gasteiger partial charge in [0.05, 0.1) is 50.8 Å². The number of carboxylic acids is 1. The van der Waals surface area contributed by atoms with Crippen LogP contribution in [0.4, 0.5) is 0 Å². The maximum Gasteiger partial charge on any atom is 0.364 e. The van der Waals surface area contributed by atoms with Crippen LogP contribution in [0.5, 0.6) is 0 Å². The first kappa shape index (κ1) is 63.5. The van der Waals surface area contributed by atoms with Gasteiger partial charge in [-0.05, 0) is 13.8 Å². The molecule has 0 radical (unpaired) electrons. The highest BCUT2D eigenvalue weighted by atomic mass is 16.8. The molecule has 446 valence electrons. The Morgan fingerprint density at radius 3 is 1.52 bits per heavy atom. The Morgan fingerprint density at radius 2 is 1.01 bits per heavy atom. The average molecular weight is 1130 g/mol. The molecular formula is C43H72N2O32. The number of carbonyl (C=O) groups is 3. The maximum absolute atomic E-state index is 13.0. The number of amides is 2. The molecule has 31 atom stereocenters. The van der Waals surface area contributed by atoms with Crippen LogP contribution < -0.4 is 10.6 Å². The standard InChI is InChI=1S/C43H72N2O32/c1-10-21(53)27(59)30(62)38(68-10)75-35-29(61)24(56)16(7-47)71-40(35)74-34-25(57)17(8-48)72-41(36(34)76-39-31(63)28(60)22(54)11(2)69-39)73-32-20(45-13(4)50)37(64)70-18(26(32)58)9-67-43(42(65)66)5-14(51)19(44-12(3)49)33(77-43)23(55)15(52)6-46/h10-11,14-41,46-48,51-64H,5-9H2,1-4H3,(H,44,49)(H,45,50)(H,65,66)/t10-,11-,14-,15+,16+,17+,18+,19+,20+,21+,22+,23+,24-,25-,26-,27+,28+,29-,30-,31-,32+,33+,34-,35+,36+,37?,38-,39-,40-,41-,43+/m0/s1. The minimum absolute atomic E-state index is 0.802. The zero-order valence-corrected chi connectivity index (χ0v) is 41.6. The molecule has 0 aromatic carbocycles. The van der Waals surface area contributed by atoms with Crippen molar-refractivity contribution in [2.45, 2.75) is 224 Å². The largest absolute Gasteiger partial charge is 0.477 e. The molecule has 0 spiro atoms. The number of aliphatic hydroxyl groups excluding tert-OH is 17. The lowest BCUT2D eigenvalue weighted by Gasteiger charge is -2.51. The Labute approximate surface area is 436 Å². The molecule has 6 rings (SSSR count). The lowest BCUT2D eigenvalue weighted by molar-refractivity contribution is -0.410. The van der Waals surface area contributed by atoms with E-state index < -0.39 is 240 Å². The Bertz CT molecular complexity index is 1930. The molecular weight excluding hydrogens is 1060 g/mol. The van der Waals surface area contributed by atoms with E-state index in [0.29, 0.717) is 0 Å². The summed E-state index contributed by atoms with van der Waals surface area (Å²) in [5.41, 5.74) is 0. The Balaban J connectivity index is 1.37. The number of ether oxygens (including phenoxy) is 11. The predicted molar refractivity (Wildman–Crippen MR) is 237 cm³/mol. The minimum atomic E-state index is -3.04. The maximum atomic E-state index is 13.0. The van der Waals surface area contributed by atoms with E-state index in [-0.39, 0.29) is 0 Å². The van der Waals surface area contributed by atoms with E-state index in [1.807, 2.05) is 0 Å². The molecule has 0 bridgehead atoms. The number of hydrogen-bond donors (Lipinski definition) is 20. The SMILES string of the molecule is CC(=O)N[C@H]1[C@H]([C@H](O)[C@H](O)CO)O[C@@](OC[C@H]2OC(O)[C@H](NC(C)=O)[C@@H](O[C@@H]3O[C@H](CO)[C@H](O)[C@H](O[C@@H]4O[C@H](CO)[C@H](O)[C@H](O)[C@H]4O[C@@H]4O[C@@H](C)[C@@H](O)[C@@H](O)[C@@H]4O)[C@H]3O[C@@H]3O[C@@H](C)[C@@H](O)[C@@H](O)[C@@H]3O)[C@H]2O)(C(=O)O)C[C@@H]1O. The third kappa shape index (κ3) is 13.6. The van der Waals surface area contributed by atoms with Crippen LogP contribution in [0.1, 0.15) is 34.1 Å². The van der Waals surface area contributed by atoms with Gasteiger partial charge in [-0.25, -0.2) is 4.79 Å². The van der Waals surface area contributed by atoms with Gasteiger partial charge >= 0.3 is 5.97 Å². The van der Waals surface area contributed by atoms with E-state index >= 15 is 0 Å². The van der Waals surface area contributed by atoms with Gasteiger partial charge in [0.1, 0.15) is 128 Å². The van der Waals surface area contributed by atoms with Crippen molar-refractivity contribution in [3.05, 3.63) is 0 Å². The average Bonchev–Trinajstić information content (AvgIpc) is 3.40. The number of rotatable bonds is 19. The normalized spacial score (nSPS) is 48.6. The van der Waals surface area contributed by atoms with Gasteiger partial charge in [0.2, 0.25) is 11.8 Å².